The SMILES string of the molecule is CC1NC(=O)C(C(C)C)N(Cc2ccon2)C1=O. The van der Waals surface area contributed by atoms with Crippen LogP contribution in [-0.2, 0) is 16.1 Å². The summed E-state index contributed by atoms with van der Waals surface area (Å²) in [4.78, 5) is 25.7. The van der Waals surface area contributed by atoms with Crippen molar-refractivity contribution in [3.05, 3.63) is 18.0 Å². The van der Waals surface area contributed by atoms with Crippen molar-refractivity contribution < 1.29 is 14.1 Å². The molecule has 2 atom stereocenters. The Morgan fingerprint density at radius 1 is 1.50 bits per heavy atom. The Hall–Kier alpha value is -1.85. The third-order valence-electron chi connectivity index (χ3n) is 3.07. The summed E-state index contributed by atoms with van der Waals surface area (Å²) in [5, 5.41) is 6.48. The van der Waals surface area contributed by atoms with Crippen LogP contribution in [0.4, 0.5) is 0 Å². The summed E-state index contributed by atoms with van der Waals surface area (Å²) >= 11 is 0. The molecule has 6 heteroatoms. The molecule has 1 aliphatic heterocycles. The lowest BCUT2D eigenvalue weighted by Gasteiger charge is -2.39. The number of nitrogens with zero attached hydrogens (tertiary/aromatic N) is 2. The average molecular weight is 251 g/mol. The van der Waals surface area contributed by atoms with Crippen molar-refractivity contribution in [2.24, 2.45) is 5.92 Å². The lowest BCUT2D eigenvalue weighted by molar-refractivity contribution is -0.151. The van der Waals surface area contributed by atoms with Gasteiger partial charge in [-0.05, 0) is 12.8 Å². The van der Waals surface area contributed by atoms with E-state index in [0.717, 1.165) is 0 Å². The van der Waals surface area contributed by atoms with E-state index in [4.69, 9.17) is 4.52 Å². The van der Waals surface area contributed by atoms with Crippen molar-refractivity contribution >= 4 is 11.8 Å². The molecule has 1 aromatic rings. The predicted molar refractivity (Wildman–Crippen MR) is 63.3 cm³/mol. The molecule has 98 valence electrons. The molecule has 2 heterocycles. The van der Waals surface area contributed by atoms with Crippen LogP contribution in [0.5, 0.6) is 0 Å². The Morgan fingerprint density at radius 2 is 2.22 bits per heavy atom. The van der Waals surface area contributed by atoms with Gasteiger partial charge >= 0.3 is 0 Å². The van der Waals surface area contributed by atoms with Gasteiger partial charge in [0.15, 0.2) is 0 Å². The fourth-order valence-corrected chi connectivity index (χ4v) is 2.22. The molecule has 1 N–H and O–H groups in total. The van der Waals surface area contributed by atoms with Gasteiger partial charge in [-0.2, -0.15) is 0 Å². The fraction of sp³-hybridized carbons (Fsp3) is 0.583. The highest BCUT2D eigenvalue weighted by Crippen LogP contribution is 2.19. The number of hydrogen-bond acceptors (Lipinski definition) is 4. The number of rotatable bonds is 3. The molecule has 6 nitrogen and oxygen atoms in total. The molecule has 2 amide bonds. The number of hydrogen-bond donors (Lipinski definition) is 1. The molecule has 0 spiro atoms. The molecule has 2 unspecified atom stereocenters. The first kappa shape index (κ1) is 12.6. The molecule has 1 aliphatic rings. The number of amides is 2. The van der Waals surface area contributed by atoms with Crippen molar-refractivity contribution in [1.82, 2.24) is 15.4 Å². The van der Waals surface area contributed by atoms with Gasteiger partial charge < -0.3 is 14.7 Å². The van der Waals surface area contributed by atoms with Crippen LogP contribution in [-0.4, -0.2) is 34.0 Å². The van der Waals surface area contributed by atoms with E-state index in [1.807, 2.05) is 13.8 Å². The second-order valence-corrected chi connectivity index (χ2v) is 4.88. The quantitative estimate of drug-likeness (QED) is 0.851. The van der Waals surface area contributed by atoms with E-state index in [2.05, 4.69) is 10.5 Å². The molecule has 0 aliphatic carbocycles. The van der Waals surface area contributed by atoms with E-state index in [9.17, 15) is 9.59 Å². The molecule has 1 saturated heterocycles. The topological polar surface area (TPSA) is 75.4 Å². The van der Waals surface area contributed by atoms with Gasteiger partial charge in [-0.25, -0.2) is 0 Å². The third kappa shape index (κ3) is 2.23. The van der Waals surface area contributed by atoms with Gasteiger partial charge in [0.1, 0.15) is 24.0 Å². The fourth-order valence-electron chi connectivity index (χ4n) is 2.22. The number of nitrogens with one attached hydrogen (secondary N) is 1. The van der Waals surface area contributed by atoms with Gasteiger partial charge in [-0.3, -0.25) is 9.59 Å². The first-order valence-electron chi connectivity index (χ1n) is 6.01. The number of aromatic nitrogens is 1. The van der Waals surface area contributed by atoms with Gasteiger partial charge in [0, 0.05) is 6.07 Å². The molecule has 0 bridgehead atoms. The van der Waals surface area contributed by atoms with Gasteiger partial charge in [0.25, 0.3) is 0 Å². The second kappa shape index (κ2) is 4.80. The Kier molecular flexibility index (Phi) is 3.36. The van der Waals surface area contributed by atoms with Crippen LogP contribution in [0.2, 0.25) is 0 Å². The molecular weight excluding hydrogens is 234 g/mol. The van der Waals surface area contributed by atoms with Crippen molar-refractivity contribution in [2.75, 3.05) is 0 Å². The molecule has 2 rings (SSSR count). The van der Waals surface area contributed by atoms with Crippen LogP contribution in [0.3, 0.4) is 0 Å². The predicted octanol–water partition coefficient (Wildman–Crippen LogP) is 0.546. The standard InChI is InChI=1S/C12H17N3O3/c1-7(2)10-11(16)13-8(3)12(17)15(10)6-9-4-5-18-14-9/h4-5,7-8,10H,6H2,1-3H3,(H,13,16). The van der Waals surface area contributed by atoms with E-state index < -0.39 is 12.1 Å². The maximum Gasteiger partial charge on any atom is 0.245 e. The second-order valence-electron chi connectivity index (χ2n) is 4.88. The lowest BCUT2D eigenvalue weighted by Crippen LogP contribution is -2.63. The van der Waals surface area contributed by atoms with E-state index in [-0.39, 0.29) is 17.7 Å². The van der Waals surface area contributed by atoms with Crippen LogP contribution >= 0.6 is 0 Å². The Balaban J connectivity index is 2.25. The maximum absolute atomic E-state index is 12.2. The van der Waals surface area contributed by atoms with E-state index >= 15 is 0 Å². The highest BCUT2D eigenvalue weighted by molar-refractivity contribution is 5.96. The summed E-state index contributed by atoms with van der Waals surface area (Å²) in [6, 6.07) is 0.756. The molecule has 1 fully saturated rings. The minimum atomic E-state index is -0.487. The Bertz CT molecular complexity index is 441. The van der Waals surface area contributed by atoms with E-state index in [1.54, 1.807) is 17.9 Å². The Labute approximate surface area is 105 Å². The summed E-state index contributed by atoms with van der Waals surface area (Å²) in [6.07, 6.45) is 1.46. The van der Waals surface area contributed by atoms with E-state index in [1.165, 1.54) is 6.26 Å². The average Bonchev–Trinajstić information content (AvgIpc) is 2.77. The first-order chi connectivity index (χ1) is 8.50. The summed E-state index contributed by atoms with van der Waals surface area (Å²) < 4.78 is 4.75. The lowest BCUT2D eigenvalue weighted by atomic mass is 9.97. The van der Waals surface area contributed by atoms with E-state index in [0.29, 0.717) is 12.2 Å². The van der Waals surface area contributed by atoms with Gasteiger partial charge in [0.05, 0.1) is 6.54 Å². The van der Waals surface area contributed by atoms with Gasteiger partial charge in [-0.1, -0.05) is 19.0 Å². The first-order valence-corrected chi connectivity index (χ1v) is 6.01. The smallest absolute Gasteiger partial charge is 0.245 e. The molecule has 0 aromatic carbocycles. The summed E-state index contributed by atoms with van der Waals surface area (Å²) in [5.74, 6) is -0.148. The largest absolute Gasteiger partial charge is 0.364 e. The molecular formula is C12H17N3O3. The van der Waals surface area contributed by atoms with Crippen molar-refractivity contribution in [2.45, 2.75) is 39.4 Å². The highest BCUT2D eigenvalue weighted by atomic mass is 16.5. The minimum Gasteiger partial charge on any atom is -0.364 e. The maximum atomic E-state index is 12.2. The monoisotopic (exact) mass is 251 g/mol. The molecule has 18 heavy (non-hydrogen) atoms. The van der Waals surface area contributed by atoms with Crippen molar-refractivity contribution in [3.63, 3.8) is 0 Å². The summed E-state index contributed by atoms with van der Waals surface area (Å²) in [6.45, 7) is 5.83. The molecule has 0 saturated carbocycles. The minimum absolute atomic E-state index is 0.0494. The van der Waals surface area contributed by atoms with Crippen molar-refractivity contribution in [3.8, 4) is 0 Å². The number of carbonyl (C=O) groups is 2. The number of carbonyl (C=O) groups excluding carboxylic acids is 2. The zero-order chi connectivity index (χ0) is 13.3. The summed E-state index contributed by atoms with van der Waals surface area (Å²) in [7, 11) is 0. The van der Waals surface area contributed by atoms with Gasteiger partial charge in [0.2, 0.25) is 11.8 Å². The van der Waals surface area contributed by atoms with Crippen LogP contribution in [0.15, 0.2) is 16.9 Å². The van der Waals surface area contributed by atoms with Gasteiger partial charge in [-0.15, -0.1) is 0 Å². The third-order valence-corrected chi connectivity index (χ3v) is 3.07. The van der Waals surface area contributed by atoms with Crippen LogP contribution in [0.1, 0.15) is 26.5 Å². The summed E-state index contributed by atoms with van der Waals surface area (Å²) in [5.41, 5.74) is 0.649. The number of piperazine rings is 1. The van der Waals surface area contributed by atoms with Crippen LogP contribution in [0.25, 0.3) is 0 Å². The van der Waals surface area contributed by atoms with Crippen molar-refractivity contribution in [1.29, 1.82) is 0 Å². The van der Waals surface area contributed by atoms with Crippen LogP contribution < -0.4 is 5.32 Å². The molecule has 1 aromatic heterocycles. The zero-order valence-corrected chi connectivity index (χ0v) is 10.7. The zero-order valence-electron chi connectivity index (χ0n) is 10.7. The normalized spacial score (nSPS) is 24.6. The Morgan fingerprint density at radius 3 is 2.78 bits per heavy atom. The highest BCUT2D eigenvalue weighted by Gasteiger charge is 2.40. The van der Waals surface area contributed by atoms with Crippen LogP contribution in [0, 0.1) is 5.92 Å². The molecule has 0 radical (unpaired) electrons.